The molecule has 0 aromatic heterocycles. The first-order chi connectivity index (χ1) is 27.4. The van der Waals surface area contributed by atoms with Gasteiger partial charge in [-0.3, -0.25) is 9.59 Å². The van der Waals surface area contributed by atoms with Crippen LogP contribution in [0.1, 0.15) is 259 Å². The molecule has 0 unspecified atom stereocenters. The van der Waals surface area contributed by atoms with Crippen molar-refractivity contribution in [3.05, 3.63) is 48.6 Å². The second kappa shape index (κ2) is 39.7. The number of allylic oxidation sites excluding steroid dienone is 4. The molecule has 0 amide bonds. The van der Waals surface area contributed by atoms with Crippen molar-refractivity contribution >= 4 is 11.9 Å². The van der Waals surface area contributed by atoms with Crippen LogP contribution in [0.4, 0.5) is 0 Å². The predicted octanol–water partition coefficient (Wildman–Crippen LogP) is 17.5. The minimum Gasteiger partial charge on any atom is -0.480 e. The molecule has 0 fully saturated rings. The molecule has 4 heteroatoms. The Bertz CT molecular complexity index is 864. The van der Waals surface area contributed by atoms with E-state index in [4.69, 9.17) is 0 Å². The van der Waals surface area contributed by atoms with Crippen LogP contribution in [0.2, 0.25) is 0 Å². The van der Waals surface area contributed by atoms with Crippen molar-refractivity contribution in [3.8, 4) is 0 Å². The minimum absolute atomic E-state index is 0.759. The Morgan fingerprint density at radius 1 is 0.304 bits per heavy atom. The topological polar surface area (TPSA) is 74.6 Å². The summed E-state index contributed by atoms with van der Waals surface area (Å²) in [6.07, 6.45) is 56.7. The number of hydrogen-bond donors (Lipinski definition) is 2. The zero-order valence-corrected chi connectivity index (χ0v) is 37.8. The maximum atomic E-state index is 13.7. The van der Waals surface area contributed by atoms with Crippen molar-refractivity contribution in [3.63, 3.8) is 0 Å². The van der Waals surface area contributed by atoms with Crippen molar-refractivity contribution in [1.82, 2.24) is 0 Å². The molecule has 0 aliphatic carbocycles. The average molecular weight is 783 g/mol. The average Bonchev–Trinajstić information content (AvgIpc) is 3.19. The molecule has 0 atom stereocenters. The van der Waals surface area contributed by atoms with Crippen LogP contribution in [-0.2, 0) is 9.59 Å². The standard InChI is InChI=1S/C52H94O4/c1-5-9-13-17-21-25-29-33-37-41-45-51(49(53)54,46-42-38-34-30-26-22-18-14-10-6-2)52(50(55)56,47-43-39-35-31-27-23-19-15-11-7-3)48-44-40-36-32-28-24-20-16-12-8-4/h41-48H,5-40H2,1-4H3,(H,53,54)(H,55,56). The van der Waals surface area contributed by atoms with Gasteiger partial charge in [-0.25, -0.2) is 0 Å². The Hall–Kier alpha value is -2.10. The van der Waals surface area contributed by atoms with Crippen LogP contribution in [0, 0.1) is 10.8 Å². The zero-order chi connectivity index (χ0) is 41.3. The van der Waals surface area contributed by atoms with E-state index in [1.165, 1.54) is 154 Å². The van der Waals surface area contributed by atoms with Gasteiger partial charge in [0.2, 0.25) is 0 Å². The van der Waals surface area contributed by atoms with Gasteiger partial charge in [0.1, 0.15) is 10.8 Å². The van der Waals surface area contributed by atoms with Crippen LogP contribution >= 0.6 is 0 Å². The summed E-state index contributed by atoms with van der Waals surface area (Å²) in [5.74, 6) is -2.18. The van der Waals surface area contributed by atoms with Crippen molar-refractivity contribution in [2.24, 2.45) is 10.8 Å². The number of carboxylic acids is 2. The fourth-order valence-electron chi connectivity index (χ4n) is 7.96. The molecule has 0 aliphatic heterocycles. The maximum absolute atomic E-state index is 13.7. The van der Waals surface area contributed by atoms with Gasteiger partial charge in [-0.15, -0.1) is 0 Å². The van der Waals surface area contributed by atoms with Gasteiger partial charge < -0.3 is 10.2 Å². The molecule has 56 heavy (non-hydrogen) atoms. The third kappa shape index (κ3) is 26.7. The van der Waals surface area contributed by atoms with Crippen molar-refractivity contribution in [2.45, 2.75) is 259 Å². The van der Waals surface area contributed by atoms with E-state index in [1.54, 1.807) is 24.3 Å². The van der Waals surface area contributed by atoms with E-state index in [-0.39, 0.29) is 0 Å². The summed E-state index contributed by atoms with van der Waals surface area (Å²) in [6.45, 7) is 8.98. The molecule has 0 bridgehead atoms. The lowest BCUT2D eigenvalue weighted by atomic mass is 9.61. The molecule has 0 aromatic rings. The molecule has 0 heterocycles. The van der Waals surface area contributed by atoms with Crippen LogP contribution in [0.25, 0.3) is 0 Å². The SMILES string of the molecule is CCCCCCCCCCC=CC(C=CCCCCCCCCCC)(C(=O)O)C(C=CCCCCCCCCCC)(C=CCCCCCCCCCC)C(=O)O. The van der Waals surface area contributed by atoms with Gasteiger partial charge in [-0.1, -0.05) is 256 Å². The highest BCUT2D eigenvalue weighted by molar-refractivity contribution is 5.93. The fourth-order valence-corrected chi connectivity index (χ4v) is 7.96. The molecule has 0 aromatic carbocycles. The van der Waals surface area contributed by atoms with Crippen LogP contribution in [0.3, 0.4) is 0 Å². The highest BCUT2D eigenvalue weighted by Gasteiger charge is 2.56. The molecule has 0 saturated carbocycles. The monoisotopic (exact) mass is 783 g/mol. The number of rotatable bonds is 43. The number of hydrogen-bond acceptors (Lipinski definition) is 2. The summed E-state index contributed by atoms with van der Waals surface area (Å²) in [6, 6.07) is 0. The molecule has 0 rings (SSSR count). The van der Waals surface area contributed by atoms with Crippen molar-refractivity contribution < 1.29 is 19.8 Å². The van der Waals surface area contributed by atoms with Gasteiger partial charge in [0.05, 0.1) is 0 Å². The van der Waals surface area contributed by atoms with Crippen molar-refractivity contribution in [2.75, 3.05) is 0 Å². The van der Waals surface area contributed by atoms with E-state index in [2.05, 4.69) is 27.7 Å². The molecule has 326 valence electrons. The first kappa shape index (κ1) is 53.9. The molecule has 0 radical (unpaired) electrons. The summed E-state index contributed by atoms with van der Waals surface area (Å²) >= 11 is 0. The summed E-state index contributed by atoms with van der Waals surface area (Å²) in [5.41, 5.74) is -3.44. The number of carboxylic acid groups (broad SMARTS) is 2. The number of carbonyl (C=O) groups is 2. The van der Waals surface area contributed by atoms with Crippen LogP contribution < -0.4 is 0 Å². The lowest BCUT2D eigenvalue weighted by molar-refractivity contribution is -0.158. The predicted molar refractivity (Wildman–Crippen MR) is 246 cm³/mol. The van der Waals surface area contributed by atoms with E-state index in [0.717, 1.165) is 77.0 Å². The van der Waals surface area contributed by atoms with Crippen LogP contribution in [0.5, 0.6) is 0 Å². The lowest BCUT2D eigenvalue weighted by Crippen LogP contribution is -2.48. The molecule has 4 nitrogen and oxygen atoms in total. The zero-order valence-electron chi connectivity index (χ0n) is 37.8. The van der Waals surface area contributed by atoms with Gasteiger partial charge in [0.25, 0.3) is 0 Å². The quantitative estimate of drug-likeness (QED) is 0.0477. The van der Waals surface area contributed by atoms with Crippen molar-refractivity contribution in [1.29, 1.82) is 0 Å². The summed E-state index contributed by atoms with van der Waals surface area (Å²) in [4.78, 5) is 27.4. The van der Waals surface area contributed by atoms with E-state index in [1.807, 2.05) is 24.3 Å². The molecule has 2 N–H and O–H groups in total. The molecule has 0 spiro atoms. The summed E-state index contributed by atoms with van der Waals surface area (Å²) in [5, 5.41) is 22.4. The minimum atomic E-state index is -1.72. The second-order valence-electron chi connectivity index (χ2n) is 17.0. The Labute approximate surface area is 349 Å². The second-order valence-corrected chi connectivity index (χ2v) is 17.0. The first-order valence-corrected chi connectivity index (χ1v) is 24.6. The number of unbranched alkanes of at least 4 members (excludes halogenated alkanes) is 32. The van der Waals surface area contributed by atoms with Gasteiger partial charge >= 0.3 is 11.9 Å². The third-order valence-corrected chi connectivity index (χ3v) is 11.8. The fraction of sp³-hybridized carbons (Fsp3) is 0.808. The molecule has 0 aliphatic rings. The van der Waals surface area contributed by atoms with Gasteiger partial charge in [0, 0.05) is 0 Å². The van der Waals surface area contributed by atoms with Crippen LogP contribution in [0.15, 0.2) is 48.6 Å². The van der Waals surface area contributed by atoms with Crippen LogP contribution in [-0.4, -0.2) is 22.2 Å². The van der Waals surface area contributed by atoms with E-state index in [9.17, 15) is 19.8 Å². The molecular formula is C52H94O4. The Kier molecular flexibility index (Phi) is 38.2. The Balaban J connectivity index is 6.24. The van der Waals surface area contributed by atoms with Gasteiger partial charge in [0.15, 0.2) is 0 Å². The Morgan fingerprint density at radius 3 is 0.625 bits per heavy atom. The summed E-state index contributed by atoms with van der Waals surface area (Å²) < 4.78 is 0. The number of aliphatic carboxylic acids is 2. The van der Waals surface area contributed by atoms with E-state index < -0.39 is 22.8 Å². The third-order valence-electron chi connectivity index (χ3n) is 11.8. The summed E-state index contributed by atoms with van der Waals surface area (Å²) in [7, 11) is 0. The van der Waals surface area contributed by atoms with E-state index in [0.29, 0.717) is 0 Å². The smallest absolute Gasteiger partial charge is 0.319 e. The van der Waals surface area contributed by atoms with Gasteiger partial charge in [-0.05, 0) is 51.4 Å². The first-order valence-electron chi connectivity index (χ1n) is 24.6. The normalized spacial score (nSPS) is 14.4. The highest BCUT2D eigenvalue weighted by Crippen LogP contribution is 2.47. The lowest BCUT2D eigenvalue weighted by Gasteiger charge is -2.38. The molecular weight excluding hydrogens is 689 g/mol. The van der Waals surface area contributed by atoms with Gasteiger partial charge in [-0.2, -0.15) is 0 Å². The molecule has 0 saturated heterocycles. The maximum Gasteiger partial charge on any atom is 0.319 e. The largest absolute Gasteiger partial charge is 0.480 e. The highest BCUT2D eigenvalue weighted by atomic mass is 16.4. The van der Waals surface area contributed by atoms with E-state index >= 15 is 0 Å². The Morgan fingerprint density at radius 2 is 0.464 bits per heavy atom.